The molecule has 9 aromatic carbocycles. The first kappa shape index (κ1) is 26.1. The van der Waals surface area contributed by atoms with Crippen LogP contribution in [-0.4, -0.2) is 0 Å². The van der Waals surface area contributed by atoms with Crippen LogP contribution >= 0.6 is 0 Å². The Morgan fingerprint density at radius 1 is 0.277 bits per heavy atom. The lowest BCUT2D eigenvalue weighted by molar-refractivity contribution is 0.673. The highest BCUT2D eigenvalue weighted by molar-refractivity contribution is 6.30. The van der Waals surface area contributed by atoms with E-state index in [1.165, 1.54) is 76.5 Å². The number of benzene rings is 9. The Bertz CT molecular complexity index is 2760. The van der Waals surface area contributed by atoms with Crippen molar-refractivity contribution in [2.75, 3.05) is 0 Å². The fourth-order valence-corrected chi connectivity index (χ4v) is 7.77. The molecule has 1 heterocycles. The summed E-state index contributed by atoms with van der Waals surface area (Å²) in [5, 5.41) is 12.3. The molecule has 218 valence electrons. The van der Waals surface area contributed by atoms with Crippen LogP contribution in [0.2, 0.25) is 0 Å². The first-order valence-corrected chi connectivity index (χ1v) is 16.2. The molecular weight excluding hydrogens is 569 g/mol. The van der Waals surface area contributed by atoms with Crippen molar-refractivity contribution in [2.45, 2.75) is 0 Å². The van der Waals surface area contributed by atoms with E-state index in [0.717, 1.165) is 21.9 Å². The molecule has 10 rings (SSSR count). The number of fused-ring (bicyclic) bond motifs is 10. The molecule has 0 amide bonds. The molecule has 0 aliphatic heterocycles. The van der Waals surface area contributed by atoms with Crippen molar-refractivity contribution < 1.29 is 4.42 Å². The van der Waals surface area contributed by atoms with E-state index >= 15 is 0 Å². The van der Waals surface area contributed by atoms with Gasteiger partial charge >= 0.3 is 0 Å². The molecule has 0 saturated heterocycles. The maximum atomic E-state index is 6.56. The maximum absolute atomic E-state index is 6.56. The van der Waals surface area contributed by atoms with Crippen LogP contribution in [-0.2, 0) is 0 Å². The molecule has 1 nitrogen and oxygen atoms in total. The van der Waals surface area contributed by atoms with Gasteiger partial charge in [-0.1, -0.05) is 158 Å². The minimum absolute atomic E-state index is 0.915. The van der Waals surface area contributed by atoms with Crippen LogP contribution in [0.3, 0.4) is 0 Å². The van der Waals surface area contributed by atoms with Gasteiger partial charge in [0.2, 0.25) is 0 Å². The molecule has 0 aliphatic rings. The molecule has 0 fully saturated rings. The molecule has 0 unspecified atom stereocenters. The lowest BCUT2D eigenvalue weighted by Crippen LogP contribution is -1.90. The van der Waals surface area contributed by atoms with E-state index in [-0.39, 0.29) is 0 Å². The van der Waals surface area contributed by atoms with E-state index in [2.05, 4.69) is 170 Å². The second-order valence-electron chi connectivity index (χ2n) is 12.4. The third-order valence-electron chi connectivity index (χ3n) is 9.85. The van der Waals surface area contributed by atoms with Crippen molar-refractivity contribution in [3.05, 3.63) is 170 Å². The molecular formula is C46H28O. The summed E-state index contributed by atoms with van der Waals surface area (Å²) in [6.45, 7) is 0. The van der Waals surface area contributed by atoms with Gasteiger partial charge in [0.25, 0.3) is 0 Å². The van der Waals surface area contributed by atoms with Crippen molar-refractivity contribution in [3.63, 3.8) is 0 Å². The number of hydrogen-bond donors (Lipinski definition) is 0. The molecule has 0 saturated carbocycles. The average Bonchev–Trinajstić information content (AvgIpc) is 3.54. The van der Waals surface area contributed by atoms with Crippen molar-refractivity contribution in [3.8, 4) is 33.4 Å². The summed E-state index contributed by atoms with van der Waals surface area (Å²) in [7, 11) is 0. The van der Waals surface area contributed by atoms with Gasteiger partial charge in [-0.05, 0) is 83.2 Å². The van der Waals surface area contributed by atoms with E-state index in [1.54, 1.807) is 0 Å². The minimum Gasteiger partial charge on any atom is -0.455 e. The molecule has 0 atom stereocenters. The van der Waals surface area contributed by atoms with Crippen LogP contribution in [0.15, 0.2) is 174 Å². The van der Waals surface area contributed by atoms with Crippen LogP contribution < -0.4 is 0 Å². The lowest BCUT2D eigenvalue weighted by Gasteiger charge is -2.18. The normalized spacial score (nSPS) is 11.8. The summed E-state index contributed by atoms with van der Waals surface area (Å²) in [5.41, 5.74) is 9.26. The Balaban J connectivity index is 1.16. The van der Waals surface area contributed by atoms with E-state index in [4.69, 9.17) is 4.42 Å². The zero-order valence-corrected chi connectivity index (χ0v) is 25.6. The fourth-order valence-electron chi connectivity index (χ4n) is 7.77. The summed E-state index contributed by atoms with van der Waals surface area (Å²) in [5.74, 6) is 0. The van der Waals surface area contributed by atoms with Gasteiger partial charge in [-0.15, -0.1) is 0 Å². The third-order valence-corrected chi connectivity index (χ3v) is 9.85. The number of rotatable bonds is 3. The number of hydrogen-bond acceptors (Lipinski definition) is 1. The summed E-state index contributed by atoms with van der Waals surface area (Å²) >= 11 is 0. The molecule has 1 aromatic heterocycles. The maximum Gasteiger partial charge on any atom is 0.143 e. The predicted octanol–water partition coefficient (Wildman–Crippen LogP) is 13.2. The van der Waals surface area contributed by atoms with Crippen LogP contribution in [0.5, 0.6) is 0 Å². The van der Waals surface area contributed by atoms with Gasteiger partial charge in [-0.2, -0.15) is 0 Å². The second-order valence-corrected chi connectivity index (χ2v) is 12.4. The van der Waals surface area contributed by atoms with Crippen LogP contribution in [0.25, 0.3) is 98.4 Å². The van der Waals surface area contributed by atoms with Gasteiger partial charge in [0.05, 0.1) is 0 Å². The standard InChI is InChI=1S/C46H28O/c1-2-12-30(13-3-1)43-36-17-7-9-19-38(36)44(39-20-10-8-18-37(39)43)31-24-22-29(23-25-31)32-26-27-42-41(28-32)45-35-16-6-4-14-33(35)34-15-5-11-21-40(34)46(45)47-42/h1-28H. The molecule has 0 N–H and O–H groups in total. The molecule has 47 heavy (non-hydrogen) atoms. The summed E-state index contributed by atoms with van der Waals surface area (Å²) in [6, 6.07) is 61.4. The Hall–Kier alpha value is -6.18. The van der Waals surface area contributed by atoms with Crippen molar-refractivity contribution in [1.82, 2.24) is 0 Å². The molecule has 0 bridgehead atoms. The highest BCUT2D eigenvalue weighted by Crippen LogP contribution is 2.45. The average molecular weight is 597 g/mol. The molecule has 0 spiro atoms. The van der Waals surface area contributed by atoms with E-state index < -0.39 is 0 Å². The van der Waals surface area contributed by atoms with Gasteiger partial charge in [0.1, 0.15) is 11.2 Å². The van der Waals surface area contributed by atoms with E-state index in [0.29, 0.717) is 0 Å². The quantitative estimate of drug-likeness (QED) is 0.146. The molecule has 0 aliphatic carbocycles. The van der Waals surface area contributed by atoms with Crippen molar-refractivity contribution >= 4 is 65.0 Å². The lowest BCUT2D eigenvalue weighted by atomic mass is 9.86. The fraction of sp³-hybridized carbons (Fsp3) is 0. The van der Waals surface area contributed by atoms with Gasteiger partial charge in [-0.25, -0.2) is 0 Å². The van der Waals surface area contributed by atoms with Gasteiger partial charge in [-0.3, -0.25) is 0 Å². The van der Waals surface area contributed by atoms with Crippen LogP contribution in [0.1, 0.15) is 0 Å². The monoisotopic (exact) mass is 596 g/mol. The van der Waals surface area contributed by atoms with E-state index in [1.807, 2.05) is 0 Å². The van der Waals surface area contributed by atoms with Gasteiger partial charge in [0, 0.05) is 16.2 Å². The molecule has 10 aromatic rings. The predicted molar refractivity (Wildman–Crippen MR) is 200 cm³/mol. The Labute approximate surface area is 271 Å². The summed E-state index contributed by atoms with van der Waals surface area (Å²) < 4.78 is 6.56. The summed E-state index contributed by atoms with van der Waals surface area (Å²) in [4.78, 5) is 0. The van der Waals surface area contributed by atoms with Gasteiger partial charge < -0.3 is 4.42 Å². The Kier molecular flexibility index (Phi) is 5.64. The minimum atomic E-state index is 0.915. The molecule has 1 heteroatoms. The SMILES string of the molecule is c1ccc(-c2c3ccccc3c(-c3ccc(-c4ccc5oc6c7ccccc7c7ccccc7c6c5c4)cc3)c3ccccc23)cc1. The molecule has 0 radical (unpaired) electrons. The Morgan fingerprint density at radius 3 is 1.30 bits per heavy atom. The summed E-state index contributed by atoms with van der Waals surface area (Å²) in [6.07, 6.45) is 0. The smallest absolute Gasteiger partial charge is 0.143 e. The highest BCUT2D eigenvalue weighted by atomic mass is 16.3. The van der Waals surface area contributed by atoms with E-state index in [9.17, 15) is 0 Å². The first-order chi connectivity index (χ1) is 23.3. The zero-order valence-electron chi connectivity index (χ0n) is 25.6. The first-order valence-electron chi connectivity index (χ1n) is 16.2. The van der Waals surface area contributed by atoms with Crippen LogP contribution in [0.4, 0.5) is 0 Å². The Morgan fingerprint density at radius 2 is 0.702 bits per heavy atom. The largest absolute Gasteiger partial charge is 0.455 e. The van der Waals surface area contributed by atoms with Gasteiger partial charge in [0.15, 0.2) is 0 Å². The zero-order chi connectivity index (χ0) is 30.9. The topological polar surface area (TPSA) is 13.1 Å². The highest BCUT2D eigenvalue weighted by Gasteiger charge is 2.18. The third kappa shape index (κ3) is 3.90. The van der Waals surface area contributed by atoms with Crippen molar-refractivity contribution in [1.29, 1.82) is 0 Å². The number of furan rings is 1. The second kappa shape index (κ2) is 10.2. The van der Waals surface area contributed by atoms with Crippen LogP contribution in [0, 0.1) is 0 Å². The van der Waals surface area contributed by atoms with Crippen molar-refractivity contribution in [2.24, 2.45) is 0 Å².